The summed E-state index contributed by atoms with van der Waals surface area (Å²) in [5.41, 5.74) is 0. The van der Waals surface area contributed by atoms with E-state index in [1.165, 1.54) is 18.9 Å². The van der Waals surface area contributed by atoms with E-state index in [1.54, 1.807) is 12.0 Å². The van der Waals surface area contributed by atoms with Crippen LogP contribution in [0.3, 0.4) is 0 Å². The maximum absolute atomic E-state index is 12.2. The summed E-state index contributed by atoms with van der Waals surface area (Å²) in [6.45, 7) is 0.712. The molecule has 0 aromatic heterocycles. The predicted octanol–water partition coefficient (Wildman–Crippen LogP) is 1.31. The van der Waals surface area contributed by atoms with E-state index in [0.29, 0.717) is 12.4 Å². The van der Waals surface area contributed by atoms with Crippen molar-refractivity contribution in [3.8, 4) is 0 Å². The van der Waals surface area contributed by atoms with E-state index in [9.17, 15) is 9.59 Å². The third-order valence-corrected chi connectivity index (χ3v) is 4.18. The van der Waals surface area contributed by atoms with Crippen LogP contribution in [0.2, 0.25) is 0 Å². The molecule has 19 heavy (non-hydrogen) atoms. The highest BCUT2D eigenvalue weighted by molar-refractivity contribution is 7.99. The third-order valence-electron chi connectivity index (χ3n) is 3.27. The van der Waals surface area contributed by atoms with Crippen LogP contribution in [0.1, 0.15) is 25.7 Å². The van der Waals surface area contributed by atoms with Gasteiger partial charge in [0, 0.05) is 18.9 Å². The Kier molecular flexibility index (Phi) is 7.90. The first-order chi connectivity index (χ1) is 9.19. The number of rotatable bonds is 8. The summed E-state index contributed by atoms with van der Waals surface area (Å²) in [6, 6.07) is 0.203. The van der Waals surface area contributed by atoms with Crippen molar-refractivity contribution >= 4 is 23.6 Å². The molecule has 0 spiro atoms. The van der Waals surface area contributed by atoms with Gasteiger partial charge >= 0.3 is 5.97 Å². The normalized spacial score (nSPS) is 15.5. The number of carbonyl (C=O) groups is 2. The van der Waals surface area contributed by atoms with Gasteiger partial charge in [-0.1, -0.05) is 12.8 Å². The lowest BCUT2D eigenvalue weighted by molar-refractivity contribution is -0.147. The number of amides is 1. The first-order valence-corrected chi connectivity index (χ1v) is 7.77. The fourth-order valence-corrected chi connectivity index (χ4v) is 2.99. The molecule has 1 saturated carbocycles. The lowest BCUT2D eigenvalue weighted by Crippen LogP contribution is -2.43. The highest BCUT2D eigenvalue weighted by Gasteiger charge is 2.28. The molecule has 0 aromatic rings. The van der Waals surface area contributed by atoms with Gasteiger partial charge in [0.05, 0.1) is 19.5 Å². The molecule has 6 heteroatoms. The van der Waals surface area contributed by atoms with Crippen LogP contribution in [0.25, 0.3) is 0 Å². The number of hydrogen-bond donors (Lipinski definition) is 0. The average Bonchev–Trinajstić information content (AvgIpc) is 2.94. The molecule has 1 fully saturated rings. The average molecular weight is 289 g/mol. The summed E-state index contributed by atoms with van der Waals surface area (Å²) in [7, 11) is 3.00. The van der Waals surface area contributed by atoms with Crippen LogP contribution in [-0.2, 0) is 19.1 Å². The molecule has 0 bridgehead atoms. The Balaban J connectivity index is 2.46. The SMILES string of the molecule is COCCSCC(=O)N(CC(=O)OC)C1CCCC1. The molecule has 1 aliphatic rings. The van der Waals surface area contributed by atoms with E-state index in [2.05, 4.69) is 4.74 Å². The zero-order chi connectivity index (χ0) is 14.1. The maximum atomic E-state index is 12.2. The zero-order valence-corrected chi connectivity index (χ0v) is 12.5. The van der Waals surface area contributed by atoms with Crippen molar-refractivity contribution < 1.29 is 19.1 Å². The minimum Gasteiger partial charge on any atom is -0.468 e. The molecule has 1 amide bonds. The standard InChI is InChI=1S/C13H23NO4S/c1-17-7-8-19-10-12(15)14(9-13(16)18-2)11-5-3-4-6-11/h11H,3-10H2,1-2H3. The largest absolute Gasteiger partial charge is 0.468 e. The highest BCUT2D eigenvalue weighted by Crippen LogP contribution is 2.24. The van der Waals surface area contributed by atoms with Crippen LogP contribution in [-0.4, -0.2) is 61.7 Å². The summed E-state index contributed by atoms with van der Waals surface area (Å²) in [5.74, 6) is 0.871. The summed E-state index contributed by atoms with van der Waals surface area (Å²) >= 11 is 1.54. The van der Waals surface area contributed by atoms with Gasteiger partial charge in [-0.2, -0.15) is 0 Å². The number of methoxy groups -OCH3 is 2. The quantitative estimate of drug-likeness (QED) is 0.498. The molecule has 0 radical (unpaired) electrons. The van der Waals surface area contributed by atoms with Gasteiger partial charge in [-0.15, -0.1) is 11.8 Å². The first-order valence-electron chi connectivity index (χ1n) is 6.62. The summed E-state index contributed by atoms with van der Waals surface area (Å²) in [4.78, 5) is 25.3. The maximum Gasteiger partial charge on any atom is 0.325 e. The van der Waals surface area contributed by atoms with Crippen molar-refractivity contribution in [2.45, 2.75) is 31.7 Å². The predicted molar refractivity (Wildman–Crippen MR) is 75.2 cm³/mol. The topological polar surface area (TPSA) is 55.8 Å². The van der Waals surface area contributed by atoms with Gasteiger partial charge in [0.25, 0.3) is 0 Å². The Hall–Kier alpha value is -0.750. The van der Waals surface area contributed by atoms with E-state index in [1.807, 2.05) is 0 Å². The van der Waals surface area contributed by atoms with Gasteiger partial charge in [-0.25, -0.2) is 0 Å². The van der Waals surface area contributed by atoms with Crippen LogP contribution >= 0.6 is 11.8 Å². The monoisotopic (exact) mass is 289 g/mol. The number of carbonyl (C=O) groups excluding carboxylic acids is 2. The summed E-state index contributed by atoms with van der Waals surface area (Å²) in [5, 5.41) is 0. The number of esters is 1. The first kappa shape index (κ1) is 16.3. The molecule has 0 heterocycles. The molecule has 0 aromatic carbocycles. The summed E-state index contributed by atoms with van der Waals surface area (Å²) in [6.07, 6.45) is 4.25. The molecule has 0 aliphatic heterocycles. The third kappa shape index (κ3) is 5.82. The second-order valence-corrected chi connectivity index (χ2v) is 5.69. The molecular formula is C13H23NO4S. The van der Waals surface area contributed by atoms with Gasteiger partial charge in [0.1, 0.15) is 6.54 Å². The van der Waals surface area contributed by atoms with E-state index in [0.717, 1.165) is 31.4 Å². The van der Waals surface area contributed by atoms with Gasteiger partial charge in [-0.05, 0) is 12.8 Å². The van der Waals surface area contributed by atoms with Crippen molar-refractivity contribution in [3.05, 3.63) is 0 Å². The second kappa shape index (κ2) is 9.20. The van der Waals surface area contributed by atoms with Crippen molar-refractivity contribution in [2.75, 3.05) is 38.9 Å². The van der Waals surface area contributed by atoms with Crippen LogP contribution < -0.4 is 0 Å². The van der Waals surface area contributed by atoms with E-state index in [4.69, 9.17) is 4.74 Å². The Morgan fingerprint density at radius 2 is 1.95 bits per heavy atom. The van der Waals surface area contributed by atoms with Gasteiger partial charge in [0.2, 0.25) is 5.91 Å². The molecular weight excluding hydrogens is 266 g/mol. The van der Waals surface area contributed by atoms with Gasteiger partial charge < -0.3 is 14.4 Å². The molecule has 0 atom stereocenters. The molecule has 1 rings (SSSR count). The van der Waals surface area contributed by atoms with Crippen LogP contribution in [0.4, 0.5) is 0 Å². The zero-order valence-electron chi connectivity index (χ0n) is 11.7. The van der Waals surface area contributed by atoms with Crippen molar-refractivity contribution in [2.24, 2.45) is 0 Å². The van der Waals surface area contributed by atoms with E-state index >= 15 is 0 Å². The van der Waals surface area contributed by atoms with Crippen molar-refractivity contribution in [1.82, 2.24) is 4.90 Å². The molecule has 0 saturated heterocycles. The van der Waals surface area contributed by atoms with Crippen LogP contribution in [0, 0.1) is 0 Å². The number of ether oxygens (including phenoxy) is 2. The number of hydrogen-bond acceptors (Lipinski definition) is 5. The lowest BCUT2D eigenvalue weighted by Gasteiger charge is -2.27. The minimum atomic E-state index is -0.345. The van der Waals surface area contributed by atoms with Gasteiger partial charge in [-0.3, -0.25) is 9.59 Å². The van der Waals surface area contributed by atoms with E-state index in [-0.39, 0.29) is 24.5 Å². The Bertz CT molecular complexity index is 292. The Morgan fingerprint density at radius 1 is 1.26 bits per heavy atom. The van der Waals surface area contributed by atoms with Crippen LogP contribution in [0.15, 0.2) is 0 Å². The van der Waals surface area contributed by atoms with Crippen molar-refractivity contribution in [1.29, 1.82) is 0 Å². The molecule has 0 N–H and O–H groups in total. The number of nitrogens with zero attached hydrogens (tertiary/aromatic N) is 1. The lowest BCUT2D eigenvalue weighted by atomic mass is 10.2. The molecule has 1 aliphatic carbocycles. The fourth-order valence-electron chi connectivity index (χ4n) is 2.23. The second-order valence-electron chi connectivity index (χ2n) is 4.58. The molecule has 5 nitrogen and oxygen atoms in total. The van der Waals surface area contributed by atoms with E-state index < -0.39 is 0 Å². The Morgan fingerprint density at radius 3 is 2.53 bits per heavy atom. The van der Waals surface area contributed by atoms with Crippen LogP contribution in [0.5, 0.6) is 0 Å². The van der Waals surface area contributed by atoms with Crippen molar-refractivity contribution in [3.63, 3.8) is 0 Å². The fraction of sp³-hybridized carbons (Fsp3) is 0.846. The number of thioether (sulfide) groups is 1. The molecule has 110 valence electrons. The van der Waals surface area contributed by atoms with Gasteiger partial charge in [0.15, 0.2) is 0 Å². The highest BCUT2D eigenvalue weighted by atomic mass is 32.2. The Labute approximate surface area is 119 Å². The summed E-state index contributed by atoms with van der Waals surface area (Å²) < 4.78 is 9.62. The smallest absolute Gasteiger partial charge is 0.325 e. The molecule has 0 unspecified atom stereocenters. The minimum absolute atomic E-state index is 0.0263.